The molecule has 6 nitrogen and oxygen atoms in total. The van der Waals surface area contributed by atoms with Gasteiger partial charge in [0.05, 0.1) is 12.1 Å². The Morgan fingerprint density at radius 1 is 1.11 bits per heavy atom. The van der Waals surface area contributed by atoms with Crippen LogP contribution in [0.5, 0.6) is 17.4 Å². The summed E-state index contributed by atoms with van der Waals surface area (Å²) in [6.07, 6.45) is 0.0497. The number of amides is 1. The van der Waals surface area contributed by atoms with Crippen molar-refractivity contribution in [2.24, 2.45) is 0 Å². The maximum Gasteiger partial charge on any atom is 0.264 e. The lowest BCUT2D eigenvalue weighted by atomic mass is 10.1. The number of nitrogens with zero attached hydrogens (tertiary/aromatic N) is 2. The first kappa shape index (κ1) is 16.9. The van der Waals surface area contributed by atoms with Crippen LogP contribution in [0, 0.1) is 0 Å². The molecule has 142 valence electrons. The highest BCUT2D eigenvalue weighted by molar-refractivity contribution is 5.84. The van der Waals surface area contributed by atoms with Crippen LogP contribution in [-0.2, 0) is 17.9 Å². The molecule has 1 amide bonds. The minimum Gasteiger partial charge on any atom is -0.464 e. The molecule has 0 fully saturated rings. The molecule has 0 spiro atoms. The molecular weight excluding hydrogens is 356 g/mol. The molecule has 3 heterocycles. The molecular formula is C22H20N2O4. The third-order valence-corrected chi connectivity index (χ3v) is 5.15. The molecule has 2 aromatic carbocycles. The van der Waals surface area contributed by atoms with E-state index in [2.05, 4.69) is 11.1 Å². The van der Waals surface area contributed by atoms with Crippen LogP contribution in [0.1, 0.15) is 24.5 Å². The topological polar surface area (TPSA) is 60.9 Å². The van der Waals surface area contributed by atoms with Gasteiger partial charge in [0.2, 0.25) is 12.7 Å². The van der Waals surface area contributed by atoms with E-state index in [1.54, 1.807) is 0 Å². The first-order chi connectivity index (χ1) is 13.7. The van der Waals surface area contributed by atoms with Crippen molar-refractivity contribution in [1.82, 2.24) is 9.88 Å². The normalized spacial score (nSPS) is 18.0. The molecule has 2 aliphatic rings. The van der Waals surface area contributed by atoms with Crippen molar-refractivity contribution in [3.8, 4) is 17.4 Å². The molecule has 0 radical (unpaired) electrons. The van der Waals surface area contributed by atoms with Gasteiger partial charge < -0.3 is 19.1 Å². The summed E-state index contributed by atoms with van der Waals surface area (Å²) in [5.41, 5.74) is 2.78. The fraction of sp³-hybridized carbons (Fsp3) is 0.273. The van der Waals surface area contributed by atoms with Gasteiger partial charge in [-0.25, -0.2) is 4.98 Å². The Hall–Kier alpha value is -3.28. The smallest absolute Gasteiger partial charge is 0.264 e. The zero-order valence-corrected chi connectivity index (χ0v) is 15.6. The molecule has 28 heavy (non-hydrogen) atoms. The molecule has 0 N–H and O–H groups in total. The molecule has 3 aromatic rings. The third kappa shape index (κ3) is 2.91. The number of fused-ring (bicyclic) bond motifs is 3. The van der Waals surface area contributed by atoms with Gasteiger partial charge in [0.15, 0.2) is 17.6 Å². The maximum atomic E-state index is 13.1. The lowest BCUT2D eigenvalue weighted by molar-refractivity contribution is -0.139. The van der Waals surface area contributed by atoms with E-state index in [4.69, 9.17) is 14.2 Å². The van der Waals surface area contributed by atoms with Gasteiger partial charge in [-0.3, -0.25) is 4.79 Å². The quantitative estimate of drug-likeness (QED) is 0.698. The van der Waals surface area contributed by atoms with Gasteiger partial charge in [0.1, 0.15) is 0 Å². The minimum absolute atomic E-state index is 0.0257. The Balaban J connectivity index is 1.50. The van der Waals surface area contributed by atoms with Crippen molar-refractivity contribution in [3.63, 3.8) is 0 Å². The summed E-state index contributed by atoms with van der Waals surface area (Å²) >= 11 is 0. The van der Waals surface area contributed by atoms with Gasteiger partial charge in [-0.2, -0.15) is 0 Å². The molecule has 1 atom stereocenters. The summed E-state index contributed by atoms with van der Waals surface area (Å²) in [7, 11) is 0. The summed E-state index contributed by atoms with van der Waals surface area (Å²) in [5.74, 6) is 1.98. The molecule has 2 aliphatic heterocycles. The van der Waals surface area contributed by atoms with Crippen LogP contribution in [0.25, 0.3) is 10.9 Å². The van der Waals surface area contributed by atoms with Gasteiger partial charge in [0, 0.05) is 17.5 Å². The number of hydrogen-bond donors (Lipinski definition) is 0. The first-order valence-electron chi connectivity index (χ1n) is 9.44. The second-order valence-electron chi connectivity index (χ2n) is 7.04. The maximum absolute atomic E-state index is 13.1. The van der Waals surface area contributed by atoms with Crippen LogP contribution in [-0.4, -0.2) is 28.7 Å². The fourth-order valence-corrected chi connectivity index (χ4v) is 3.68. The highest BCUT2D eigenvalue weighted by Gasteiger charge is 2.31. The molecule has 0 saturated heterocycles. The Morgan fingerprint density at radius 2 is 1.96 bits per heavy atom. The van der Waals surface area contributed by atoms with E-state index in [-0.39, 0.29) is 12.7 Å². The van der Waals surface area contributed by atoms with Crippen molar-refractivity contribution >= 4 is 16.8 Å². The third-order valence-electron chi connectivity index (χ3n) is 5.15. The van der Waals surface area contributed by atoms with E-state index in [1.165, 1.54) is 0 Å². The van der Waals surface area contributed by atoms with Crippen LogP contribution < -0.4 is 14.2 Å². The molecule has 0 bridgehead atoms. The SMILES string of the molecule is CCC1Oc2nc3ccccc3cc2CN(Cc2ccc3c(c2)OCO3)C1=O. The molecule has 6 heteroatoms. The van der Waals surface area contributed by atoms with Gasteiger partial charge in [0.25, 0.3) is 5.91 Å². The van der Waals surface area contributed by atoms with Crippen LogP contribution in [0.3, 0.4) is 0 Å². The average molecular weight is 376 g/mol. The van der Waals surface area contributed by atoms with Crippen molar-refractivity contribution < 1.29 is 19.0 Å². The lowest BCUT2D eigenvalue weighted by Crippen LogP contribution is -2.38. The number of rotatable bonds is 3. The van der Waals surface area contributed by atoms with E-state index in [0.29, 0.717) is 25.4 Å². The van der Waals surface area contributed by atoms with E-state index >= 15 is 0 Å². The highest BCUT2D eigenvalue weighted by Crippen LogP contribution is 2.34. The predicted molar refractivity (Wildman–Crippen MR) is 103 cm³/mol. The second kappa shape index (κ2) is 6.71. The summed E-state index contributed by atoms with van der Waals surface area (Å²) in [5, 5.41) is 1.04. The van der Waals surface area contributed by atoms with E-state index in [9.17, 15) is 4.79 Å². The molecule has 1 unspecified atom stereocenters. The van der Waals surface area contributed by atoms with Crippen molar-refractivity contribution in [2.75, 3.05) is 6.79 Å². The number of carbonyl (C=O) groups is 1. The number of carbonyl (C=O) groups excluding carboxylic acids is 1. The highest BCUT2D eigenvalue weighted by atomic mass is 16.7. The van der Waals surface area contributed by atoms with Crippen LogP contribution in [0.2, 0.25) is 0 Å². The molecule has 1 aromatic heterocycles. The predicted octanol–water partition coefficient (Wildman–Crippen LogP) is 3.66. The number of aromatic nitrogens is 1. The average Bonchev–Trinajstić information content (AvgIpc) is 3.14. The molecule has 5 rings (SSSR count). The van der Waals surface area contributed by atoms with Gasteiger partial charge in [-0.15, -0.1) is 0 Å². The van der Waals surface area contributed by atoms with Gasteiger partial charge in [-0.05, 0) is 36.2 Å². The van der Waals surface area contributed by atoms with Crippen LogP contribution in [0.15, 0.2) is 48.5 Å². The van der Waals surface area contributed by atoms with Crippen LogP contribution in [0.4, 0.5) is 0 Å². The van der Waals surface area contributed by atoms with E-state index in [0.717, 1.165) is 33.5 Å². The molecule has 0 aliphatic carbocycles. The Labute approximate surface area is 162 Å². The van der Waals surface area contributed by atoms with E-state index < -0.39 is 6.10 Å². The van der Waals surface area contributed by atoms with E-state index in [1.807, 2.05) is 54.3 Å². The number of ether oxygens (including phenoxy) is 3. The van der Waals surface area contributed by atoms with Gasteiger partial charge >= 0.3 is 0 Å². The summed E-state index contributed by atoms with van der Waals surface area (Å²) in [6.45, 7) is 3.12. The zero-order chi connectivity index (χ0) is 19.1. The fourth-order valence-electron chi connectivity index (χ4n) is 3.68. The summed E-state index contributed by atoms with van der Waals surface area (Å²) in [6, 6.07) is 15.8. The first-order valence-corrected chi connectivity index (χ1v) is 9.44. The number of benzene rings is 2. The number of para-hydroxylation sites is 1. The van der Waals surface area contributed by atoms with Gasteiger partial charge in [-0.1, -0.05) is 31.2 Å². The minimum atomic E-state index is -0.538. The van der Waals surface area contributed by atoms with Crippen LogP contribution >= 0.6 is 0 Å². The standard InChI is InChI=1S/C22H20N2O4/c1-2-18-22(25)24(11-14-7-8-19-20(9-14)27-13-26-19)12-16-10-15-5-3-4-6-17(15)23-21(16)28-18/h3-10,18H,2,11-13H2,1H3. The molecule has 0 saturated carbocycles. The lowest BCUT2D eigenvalue weighted by Gasteiger charge is -2.23. The van der Waals surface area contributed by atoms with Crippen molar-refractivity contribution in [2.45, 2.75) is 32.5 Å². The largest absolute Gasteiger partial charge is 0.464 e. The monoisotopic (exact) mass is 376 g/mol. The van der Waals surface area contributed by atoms with Crippen molar-refractivity contribution in [3.05, 3.63) is 59.7 Å². The second-order valence-corrected chi connectivity index (χ2v) is 7.04. The summed E-state index contributed by atoms with van der Waals surface area (Å²) in [4.78, 5) is 19.6. The Kier molecular flexibility index (Phi) is 4.04. The zero-order valence-electron chi connectivity index (χ0n) is 15.6. The number of hydrogen-bond acceptors (Lipinski definition) is 5. The van der Waals surface area contributed by atoms with Crippen molar-refractivity contribution in [1.29, 1.82) is 0 Å². The Morgan fingerprint density at radius 3 is 2.86 bits per heavy atom. The Bertz CT molecular complexity index is 1070. The number of pyridine rings is 1. The summed E-state index contributed by atoms with van der Waals surface area (Å²) < 4.78 is 16.9.